The summed E-state index contributed by atoms with van der Waals surface area (Å²) in [4.78, 5) is 7.66. The van der Waals surface area contributed by atoms with Crippen LogP contribution in [0.25, 0.3) is 0 Å². The van der Waals surface area contributed by atoms with Crippen molar-refractivity contribution in [3.05, 3.63) is 44.2 Å². The van der Waals surface area contributed by atoms with E-state index >= 15 is 0 Å². The number of thiophene rings is 1. The number of nitrogens with zero attached hydrogens (tertiary/aromatic N) is 2. The second-order valence-electron chi connectivity index (χ2n) is 7.96. The topological polar surface area (TPSA) is 79.7 Å². The molecule has 1 N–H and O–H groups in total. The number of fused-ring (bicyclic) bond motifs is 2. The van der Waals surface area contributed by atoms with E-state index in [0.29, 0.717) is 17.5 Å². The monoisotopic (exact) mass is 456 g/mol. The molecule has 2 aromatic rings. The predicted molar refractivity (Wildman–Crippen MR) is 113 cm³/mol. The first kappa shape index (κ1) is 21.2. The first-order valence-electron chi connectivity index (χ1n) is 9.68. The van der Waals surface area contributed by atoms with Crippen molar-refractivity contribution in [1.82, 2.24) is 9.88 Å². The van der Waals surface area contributed by atoms with Crippen molar-refractivity contribution >= 4 is 32.8 Å². The highest BCUT2D eigenvalue weighted by molar-refractivity contribution is 7.90. The predicted octanol–water partition coefficient (Wildman–Crippen LogP) is 3.14. The molecule has 0 aromatic carbocycles. The number of hydrogen-bond donors (Lipinski definition) is 1. The average molecular weight is 457 g/mol. The molecule has 0 amide bonds. The summed E-state index contributed by atoms with van der Waals surface area (Å²) in [6, 6.07) is 3.69. The number of piperidine rings is 1. The van der Waals surface area contributed by atoms with Crippen LogP contribution in [0.2, 0.25) is 4.34 Å². The number of ether oxygens (including phenoxy) is 1. The molecule has 4 heterocycles. The quantitative estimate of drug-likeness (QED) is 0.761. The SMILES string of the molecule is C[C@H]1C[C@@]2(CCN1Cc1ccc(S(C)(=O)=O)nc1)OCCc1c2sc(Cl)c1CO. The largest absolute Gasteiger partial charge is 0.392 e. The zero-order chi connectivity index (χ0) is 20.8. The number of aliphatic hydroxyl groups is 1. The van der Waals surface area contributed by atoms with Crippen LogP contribution >= 0.6 is 22.9 Å². The molecule has 2 aliphatic rings. The third-order valence-corrected chi connectivity index (χ3v) is 8.69. The summed E-state index contributed by atoms with van der Waals surface area (Å²) in [6.07, 6.45) is 5.33. The van der Waals surface area contributed by atoms with Gasteiger partial charge in [0.15, 0.2) is 14.9 Å². The molecule has 0 bridgehead atoms. The first-order valence-corrected chi connectivity index (χ1v) is 12.8. The molecule has 2 aromatic heterocycles. The zero-order valence-electron chi connectivity index (χ0n) is 16.5. The normalized spacial score (nSPS) is 25.3. The van der Waals surface area contributed by atoms with Gasteiger partial charge in [0.1, 0.15) is 5.60 Å². The van der Waals surface area contributed by atoms with E-state index in [1.54, 1.807) is 23.6 Å². The molecule has 1 spiro atoms. The van der Waals surface area contributed by atoms with Gasteiger partial charge in [0.2, 0.25) is 0 Å². The van der Waals surface area contributed by atoms with Crippen molar-refractivity contribution in [2.24, 2.45) is 0 Å². The molecule has 0 aliphatic carbocycles. The number of hydrogen-bond acceptors (Lipinski definition) is 7. The molecule has 2 aliphatic heterocycles. The van der Waals surface area contributed by atoms with E-state index in [-0.39, 0.29) is 23.3 Å². The molecule has 29 heavy (non-hydrogen) atoms. The lowest BCUT2D eigenvalue weighted by molar-refractivity contribution is -0.110. The lowest BCUT2D eigenvalue weighted by Crippen LogP contribution is -2.50. The van der Waals surface area contributed by atoms with Gasteiger partial charge in [-0.05, 0) is 43.4 Å². The lowest BCUT2D eigenvalue weighted by atomic mass is 9.81. The maximum atomic E-state index is 11.6. The standard InChI is InChI=1S/C20H25ClN2O4S2/c1-13-9-20(18-15(5-8-27-20)16(12-24)19(21)28-18)6-7-23(13)11-14-3-4-17(22-10-14)29(2,25)26/h3-4,10,13,24H,5-9,11-12H2,1-2H3/t13-,20+/m0/s1. The number of sulfone groups is 1. The highest BCUT2D eigenvalue weighted by Crippen LogP contribution is 2.49. The number of aromatic nitrogens is 1. The van der Waals surface area contributed by atoms with Crippen LogP contribution in [0, 0.1) is 0 Å². The second kappa shape index (κ2) is 7.90. The maximum Gasteiger partial charge on any atom is 0.192 e. The van der Waals surface area contributed by atoms with E-state index in [4.69, 9.17) is 16.3 Å². The number of likely N-dealkylation sites (tertiary alicyclic amines) is 1. The second-order valence-corrected chi connectivity index (χ2v) is 11.5. The molecular weight excluding hydrogens is 432 g/mol. The van der Waals surface area contributed by atoms with Gasteiger partial charge < -0.3 is 9.84 Å². The highest BCUT2D eigenvalue weighted by atomic mass is 35.5. The lowest BCUT2D eigenvalue weighted by Gasteiger charge is -2.47. The van der Waals surface area contributed by atoms with Crippen molar-refractivity contribution in [2.75, 3.05) is 19.4 Å². The number of rotatable bonds is 4. The van der Waals surface area contributed by atoms with Crippen LogP contribution in [-0.2, 0) is 39.7 Å². The molecular formula is C20H25ClN2O4S2. The van der Waals surface area contributed by atoms with Crippen LogP contribution < -0.4 is 0 Å². The molecule has 0 radical (unpaired) electrons. The van der Waals surface area contributed by atoms with Gasteiger partial charge in [-0.25, -0.2) is 13.4 Å². The summed E-state index contributed by atoms with van der Waals surface area (Å²) < 4.78 is 30.2. The van der Waals surface area contributed by atoms with Gasteiger partial charge in [-0.1, -0.05) is 17.7 Å². The van der Waals surface area contributed by atoms with Crippen LogP contribution in [0.1, 0.15) is 41.3 Å². The Hall–Kier alpha value is -1.03. The Morgan fingerprint density at radius 1 is 1.45 bits per heavy atom. The van der Waals surface area contributed by atoms with E-state index in [1.165, 1.54) is 16.7 Å². The van der Waals surface area contributed by atoms with Gasteiger partial charge in [0, 0.05) is 42.0 Å². The van der Waals surface area contributed by atoms with E-state index in [0.717, 1.165) is 36.9 Å². The Morgan fingerprint density at radius 2 is 2.24 bits per heavy atom. The Labute approximate surface area is 180 Å². The fourth-order valence-corrected chi connectivity index (χ4v) is 6.69. The summed E-state index contributed by atoms with van der Waals surface area (Å²) in [7, 11) is -3.28. The van der Waals surface area contributed by atoms with Crippen LogP contribution in [0.3, 0.4) is 0 Å². The van der Waals surface area contributed by atoms with Crippen molar-refractivity contribution in [1.29, 1.82) is 0 Å². The third kappa shape index (κ3) is 3.98. The summed E-state index contributed by atoms with van der Waals surface area (Å²) in [5.74, 6) is 0. The van der Waals surface area contributed by atoms with E-state index in [2.05, 4.69) is 16.8 Å². The van der Waals surface area contributed by atoms with Crippen LogP contribution in [0.4, 0.5) is 0 Å². The van der Waals surface area contributed by atoms with Crippen molar-refractivity contribution < 1.29 is 18.3 Å². The summed E-state index contributed by atoms with van der Waals surface area (Å²) in [5, 5.41) is 9.81. The molecule has 6 nitrogen and oxygen atoms in total. The Kier molecular flexibility index (Phi) is 5.78. The summed E-state index contributed by atoms with van der Waals surface area (Å²) in [6.45, 7) is 4.39. The Balaban J connectivity index is 1.51. The molecule has 4 rings (SSSR count). The number of aliphatic hydroxyl groups excluding tert-OH is 1. The van der Waals surface area contributed by atoms with Gasteiger partial charge in [-0.15, -0.1) is 11.3 Å². The molecule has 1 saturated heterocycles. The number of halogens is 1. The van der Waals surface area contributed by atoms with Crippen LogP contribution in [0.15, 0.2) is 23.4 Å². The van der Waals surface area contributed by atoms with Crippen LogP contribution in [-0.4, -0.2) is 48.9 Å². The first-order chi connectivity index (χ1) is 13.7. The van der Waals surface area contributed by atoms with Crippen molar-refractivity contribution in [2.45, 2.75) is 56.0 Å². The highest BCUT2D eigenvalue weighted by Gasteiger charge is 2.45. The Bertz CT molecular complexity index is 1010. The molecule has 0 unspecified atom stereocenters. The minimum Gasteiger partial charge on any atom is -0.392 e. The van der Waals surface area contributed by atoms with E-state index < -0.39 is 9.84 Å². The van der Waals surface area contributed by atoms with E-state index in [1.807, 2.05) is 6.07 Å². The van der Waals surface area contributed by atoms with Gasteiger partial charge in [0.05, 0.1) is 17.6 Å². The van der Waals surface area contributed by atoms with Crippen LogP contribution in [0.5, 0.6) is 0 Å². The minimum atomic E-state index is -3.28. The van der Waals surface area contributed by atoms with Gasteiger partial charge in [-0.3, -0.25) is 4.90 Å². The summed E-state index contributed by atoms with van der Waals surface area (Å²) in [5.41, 5.74) is 2.70. The van der Waals surface area contributed by atoms with Gasteiger partial charge in [-0.2, -0.15) is 0 Å². The van der Waals surface area contributed by atoms with E-state index in [9.17, 15) is 13.5 Å². The van der Waals surface area contributed by atoms with Gasteiger partial charge in [0.25, 0.3) is 0 Å². The van der Waals surface area contributed by atoms with Crippen molar-refractivity contribution in [3.8, 4) is 0 Å². The fraction of sp³-hybridized carbons (Fsp3) is 0.550. The zero-order valence-corrected chi connectivity index (χ0v) is 18.9. The molecule has 1 fully saturated rings. The molecule has 2 atom stereocenters. The number of pyridine rings is 1. The Morgan fingerprint density at radius 3 is 2.86 bits per heavy atom. The average Bonchev–Trinajstić information content (AvgIpc) is 3.01. The molecule has 0 saturated carbocycles. The minimum absolute atomic E-state index is 0.0289. The third-order valence-electron chi connectivity index (χ3n) is 5.98. The fourth-order valence-electron chi connectivity index (χ4n) is 4.46. The van der Waals surface area contributed by atoms with Gasteiger partial charge >= 0.3 is 0 Å². The van der Waals surface area contributed by atoms with Crippen molar-refractivity contribution in [3.63, 3.8) is 0 Å². The summed E-state index contributed by atoms with van der Waals surface area (Å²) >= 11 is 7.95. The molecule has 158 valence electrons. The maximum absolute atomic E-state index is 11.6. The molecule has 9 heteroatoms. The smallest absolute Gasteiger partial charge is 0.192 e.